The molecule has 1 fully saturated rings. The van der Waals surface area contributed by atoms with E-state index in [0.29, 0.717) is 13.0 Å². The van der Waals surface area contributed by atoms with Crippen molar-refractivity contribution in [2.24, 2.45) is 0 Å². The number of aromatic nitrogens is 2. The van der Waals surface area contributed by atoms with Gasteiger partial charge in [0.15, 0.2) is 0 Å². The van der Waals surface area contributed by atoms with Crippen LogP contribution < -0.4 is 4.90 Å². The highest BCUT2D eigenvalue weighted by atomic mass is 19.1. The first kappa shape index (κ1) is 17.7. The zero-order valence-electron chi connectivity index (χ0n) is 15.6. The van der Waals surface area contributed by atoms with Crippen LogP contribution >= 0.6 is 0 Å². The Balaban J connectivity index is 1.64. The normalized spacial score (nSPS) is 17.2. The number of rotatable bonds is 6. The summed E-state index contributed by atoms with van der Waals surface area (Å²) in [7, 11) is 0. The lowest BCUT2D eigenvalue weighted by Gasteiger charge is -2.17. The first-order valence-electron chi connectivity index (χ1n) is 9.68. The van der Waals surface area contributed by atoms with Crippen molar-refractivity contribution in [2.75, 3.05) is 11.4 Å². The fraction of sp³-hybridized carbons (Fsp3) is 0.364. The Bertz CT molecular complexity index is 948. The Morgan fingerprint density at radius 3 is 2.67 bits per heavy atom. The van der Waals surface area contributed by atoms with Gasteiger partial charge in [0, 0.05) is 31.1 Å². The van der Waals surface area contributed by atoms with Crippen molar-refractivity contribution in [3.05, 3.63) is 60.2 Å². The van der Waals surface area contributed by atoms with E-state index in [4.69, 9.17) is 4.98 Å². The lowest BCUT2D eigenvalue weighted by molar-refractivity contribution is -0.117. The third-order valence-electron chi connectivity index (χ3n) is 5.30. The third kappa shape index (κ3) is 3.46. The molecule has 5 heteroatoms. The molecule has 4 nitrogen and oxygen atoms in total. The van der Waals surface area contributed by atoms with Crippen LogP contribution in [0.25, 0.3) is 11.0 Å². The Morgan fingerprint density at radius 2 is 1.89 bits per heavy atom. The largest absolute Gasteiger partial charge is 0.328 e. The summed E-state index contributed by atoms with van der Waals surface area (Å²) in [6.45, 7) is 3.70. The molecule has 140 valence electrons. The molecule has 4 rings (SSSR count). The molecule has 0 N–H and O–H groups in total. The van der Waals surface area contributed by atoms with Gasteiger partial charge in [0.25, 0.3) is 0 Å². The summed E-state index contributed by atoms with van der Waals surface area (Å²) in [6.07, 6.45) is 3.89. The van der Waals surface area contributed by atoms with Crippen molar-refractivity contribution in [1.82, 2.24) is 9.55 Å². The molecule has 27 heavy (non-hydrogen) atoms. The minimum Gasteiger partial charge on any atom is -0.328 e. The Labute approximate surface area is 158 Å². The first-order valence-corrected chi connectivity index (χ1v) is 9.68. The SMILES string of the molecule is CCCCCn1c(C2CC(=O)N(c3ccc(F)cc3)C2)nc2ccccc21. The van der Waals surface area contributed by atoms with E-state index in [2.05, 4.69) is 17.6 Å². The van der Waals surface area contributed by atoms with Gasteiger partial charge >= 0.3 is 0 Å². The first-order chi connectivity index (χ1) is 13.2. The van der Waals surface area contributed by atoms with Gasteiger partial charge in [-0.15, -0.1) is 0 Å². The molecule has 0 aliphatic carbocycles. The number of amides is 1. The molecule has 1 unspecified atom stereocenters. The summed E-state index contributed by atoms with van der Waals surface area (Å²) in [5.41, 5.74) is 2.87. The number of imidazole rings is 1. The zero-order valence-corrected chi connectivity index (χ0v) is 15.6. The second-order valence-electron chi connectivity index (χ2n) is 7.20. The number of hydrogen-bond donors (Lipinski definition) is 0. The van der Waals surface area contributed by atoms with Crippen molar-refractivity contribution in [3.8, 4) is 0 Å². The minimum absolute atomic E-state index is 0.0524. The lowest BCUT2D eigenvalue weighted by atomic mass is 10.1. The molecule has 0 bridgehead atoms. The van der Waals surface area contributed by atoms with Crippen LogP contribution in [-0.2, 0) is 11.3 Å². The number of aryl methyl sites for hydroxylation is 1. The van der Waals surface area contributed by atoms with Crippen molar-refractivity contribution in [3.63, 3.8) is 0 Å². The van der Waals surface area contributed by atoms with Gasteiger partial charge in [0.2, 0.25) is 5.91 Å². The second-order valence-corrected chi connectivity index (χ2v) is 7.20. The number of carbonyl (C=O) groups excluding carboxylic acids is 1. The van der Waals surface area contributed by atoms with Gasteiger partial charge in [-0.25, -0.2) is 9.37 Å². The van der Waals surface area contributed by atoms with E-state index in [1.165, 1.54) is 25.0 Å². The van der Waals surface area contributed by atoms with Gasteiger partial charge in [-0.2, -0.15) is 0 Å². The highest BCUT2D eigenvalue weighted by molar-refractivity contribution is 5.96. The average molecular weight is 365 g/mol. The molecule has 1 amide bonds. The predicted molar refractivity (Wildman–Crippen MR) is 105 cm³/mol. The van der Waals surface area contributed by atoms with Gasteiger partial charge < -0.3 is 9.47 Å². The number of unbranched alkanes of at least 4 members (excludes halogenated alkanes) is 2. The van der Waals surface area contributed by atoms with E-state index < -0.39 is 0 Å². The summed E-state index contributed by atoms with van der Waals surface area (Å²) in [4.78, 5) is 19.2. The number of hydrogen-bond acceptors (Lipinski definition) is 2. The van der Waals surface area contributed by atoms with E-state index >= 15 is 0 Å². The van der Waals surface area contributed by atoms with Crippen LogP contribution in [0.2, 0.25) is 0 Å². The summed E-state index contributed by atoms with van der Waals surface area (Å²) in [6, 6.07) is 14.3. The Kier molecular flexibility index (Phi) is 4.92. The van der Waals surface area contributed by atoms with Gasteiger partial charge in [-0.3, -0.25) is 4.79 Å². The molecule has 0 spiro atoms. The van der Waals surface area contributed by atoms with Gasteiger partial charge in [-0.05, 0) is 42.8 Å². The van der Waals surface area contributed by atoms with Crippen molar-refractivity contribution < 1.29 is 9.18 Å². The molecular weight excluding hydrogens is 341 g/mol. The zero-order chi connectivity index (χ0) is 18.8. The highest BCUT2D eigenvalue weighted by Crippen LogP contribution is 2.33. The van der Waals surface area contributed by atoms with Gasteiger partial charge in [-0.1, -0.05) is 31.9 Å². The molecule has 2 heterocycles. The number of nitrogens with zero attached hydrogens (tertiary/aromatic N) is 3. The molecule has 0 saturated carbocycles. The van der Waals surface area contributed by atoms with Crippen LogP contribution in [0.5, 0.6) is 0 Å². The van der Waals surface area contributed by atoms with Crippen molar-refractivity contribution in [1.29, 1.82) is 0 Å². The second kappa shape index (κ2) is 7.51. The maximum absolute atomic E-state index is 13.2. The smallest absolute Gasteiger partial charge is 0.227 e. The predicted octanol–water partition coefficient (Wildman–Crippen LogP) is 4.89. The molecule has 0 radical (unpaired) electrons. The maximum Gasteiger partial charge on any atom is 0.227 e. The standard InChI is InChI=1S/C22H24FN3O/c1-2-3-6-13-25-20-8-5-4-7-19(20)24-22(25)16-14-21(27)26(15-16)18-11-9-17(23)10-12-18/h4-5,7-12,16H,2-3,6,13-15H2,1H3. The quantitative estimate of drug-likeness (QED) is 0.584. The fourth-order valence-corrected chi connectivity index (χ4v) is 3.91. The number of anilines is 1. The summed E-state index contributed by atoms with van der Waals surface area (Å²) >= 11 is 0. The van der Waals surface area contributed by atoms with E-state index in [9.17, 15) is 9.18 Å². The third-order valence-corrected chi connectivity index (χ3v) is 5.30. The topological polar surface area (TPSA) is 38.1 Å². The highest BCUT2D eigenvalue weighted by Gasteiger charge is 2.34. The van der Waals surface area contributed by atoms with Crippen LogP contribution in [0.3, 0.4) is 0 Å². The Morgan fingerprint density at radius 1 is 1.11 bits per heavy atom. The van der Waals surface area contributed by atoms with Gasteiger partial charge in [0.1, 0.15) is 11.6 Å². The van der Waals surface area contributed by atoms with E-state index in [1.54, 1.807) is 17.0 Å². The number of para-hydroxylation sites is 2. The van der Waals surface area contributed by atoms with Crippen LogP contribution in [0.15, 0.2) is 48.5 Å². The maximum atomic E-state index is 13.2. The van der Waals surface area contributed by atoms with Crippen LogP contribution in [0.4, 0.5) is 10.1 Å². The fourth-order valence-electron chi connectivity index (χ4n) is 3.91. The molecule has 1 aromatic heterocycles. The van der Waals surface area contributed by atoms with Crippen molar-refractivity contribution >= 4 is 22.6 Å². The molecule has 1 aliphatic heterocycles. The molecule has 3 aromatic rings. The van der Waals surface area contributed by atoms with Crippen LogP contribution in [0, 0.1) is 5.82 Å². The molecule has 2 aromatic carbocycles. The summed E-state index contributed by atoms with van der Waals surface area (Å²) < 4.78 is 15.5. The van der Waals surface area contributed by atoms with E-state index in [0.717, 1.165) is 35.5 Å². The number of halogens is 1. The minimum atomic E-state index is -0.292. The molecular formula is C22H24FN3O. The summed E-state index contributed by atoms with van der Waals surface area (Å²) in [5.74, 6) is 0.820. The molecule has 1 atom stereocenters. The van der Waals surface area contributed by atoms with Gasteiger partial charge in [0.05, 0.1) is 11.0 Å². The van der Waals surface area contributed by atoms with Crippen molar-refractivity contribution in [2.45, 2.75) is 45.1 Å². The van der Waals surface area contributed by atoms with Crippen LogP contribution in [0.1, 0.15) is 44.3 Å². The summed E-state index contributed by atoms with van der Waals surface area (Å²) in [5, 5.41) is 0. The lowest BCUT2D eigenvalue weighted by Crippen LogP contribution is -2.24. The number of fused-ring (bicyclic) bond motifs is 1. The number of benzene rings is 2. The molecule has 1 saturated heterocycles. The van der Waals surface area contributed by atoms with E-state index in [-0.39, 0.29) is 17.6 Å². The monoisotopic (exact) mass is 365 g/mol. The number of carbonyl (C=O) groups is 1. The Hall–Kier alpha value is -2.69. The van der Waals surface area contributed by atoms with E-state index in [1.807, 2.05) is 18.2 Å². The average Bonchev–Trinajstić information content (AvgIpc) is 3.24. The molecule has 1 aliphatic rings. The van der Waals surface area contributed by atoms with Crippen LogP contribution in [-0.4, -0.2) is 22.0 Å².